The average molecular weight is 335 g/mol. The van der Waals surface area contributed by atoms with Crippen molar-refractivity contribution in [1.82, 2.24) is 15.1 Å². The second-order valence-corrected chi connectivity index (χ2v) is 7.39. The molecule has 1 aliphatic heterocycles. The molecule has 0 saturated carbocycles. The highest BCUT2D eigenvalue weighted by Gasteiger charge is 2.17. The van der Waals surface area contributed by atoms with E-state index in [0.29, 0.717) is 6.54 Å². The average Bonchev–Trinajstić information content (AvgIpc) is 2.52. The molecule has 1 heterocycles. The third-order valence-corrected chi connectivity index (χ3v) is 4.03. The van der Waals surface area contributed by atoms with Crippen LogP contribution in [0.2, 0.25) is 0 Å². The van der Waals surface area contributed by atoms with Gasteiger partial charge in [0.05, 0.1) is 0 Å². The predicted molar refractivity (Wildman–Crippen MR) is 99.1 cm³/mol. The maximum Gasteiger partial charge on any atom is 0.407 e. The predicted octanol–water partition coefficient (Wildman–Crippen LogP) is 2.97. The molecule has 1 aromatic rings. The third-order valence-electron chi connectivity index (χ3n) is 4.03. The van der Waals surface area contributed by atoms with E-state index < -0.39 is 5.60 Å². The van der Waals surface area contributed by atoms with Crippen LogP contribution in [0, 0.1) is 0 Å². The van der Waals surface area contributed by atoms with Gasteiger partial charge in [-0.3, -0.25) is 4.90 Å². The fraction of sp³-hybridized carbons (Fsp3) is 0.632. The molecule has 0 radical (unpaired) electrons. The molecule has 136 valence electrons. The number of hydrogen-bond acceptors (Lipinski definition) is 4. The van der Waals surface area contributed by atoms with Crippen LogP contribution in [0.15, 0.2) is 30.3 Å². The summed E-state index contributed by atoms with van der Waals surface area (Å²) in [7, 11) is 0. The van der Waals surface area contributed by atoms with Gasteiger partial charge in [0.1, 0.15) is 5.60 Å². The molecule has 1 fully saturated rings. The number of ether oxygens (including phenoxy) is 1. The summed E-state index contributed by atoms with van der Waals surface area (Å²) < 4.78 is 5.23. The summed E-state index contributed by atoms with van der Waals surface area (Å²) in [6.07, 6.45) is 0.632. The normalized spacial score (nSPS) is 16.8. The van der Waals surface area contributed by atoms with Crippen molar-refractivity contribution in [3.05, 3.63) is 35.9 Å². The number of hydrogen-bond donors (Lipinski definition) is 1. The Hall–Kier alpha value is -1.59. The molecule has 24 heavy (non-hydrogen) atoms. The number of rotatable bonds is 6. The highest BCUT2D eigenvalue weighted by Crippen LogP contribution is 2.09. The summed E-state index contributed by atoms with van der Waals surface area (Å²) in [5.41, 5.74) is 0.951. The lowest BCUT2D eigenvalue weighted by Crippen LogP contribution is -2.46. The molecule has 0 unspecified atom stereocenters. The minimum Gasteiger partial charge on any atom is -0.444 e. The van der Waals surface area contributed by atoms with Crippen molar-refractivity contribution in [3.8, 4) is 0 Å². The zero-order chi connectivity index (χ0) is 17.4. The maximum absolute atomic E-state index is 11.6. The van der Waals surface area contributed by atoms with E-state index in [4.69, 9.17) is 4.74 Å². The Morgan fingerprint density at radius 3 is 2.38 bits per heavy atom. The molecule has 0 aliphatic carbocycles. The van der Waals surface area contributed by atoms with Gasteiger partial charge in [-0.15, -0.1) is 0 Å². The summed E-state index contributed by atoms with van der Waals surface area (Å²) in [6.45, 7) is 12.8. The van der Waals surface area contributed by atoms with Crippen molar-refractivity contribution in [1.29, 1.82) is 0 Å². The SMILES string of the molecule is CC(C)(C)OC(=O)NCCCN1CCN(Cc2ccccc2)CC1.[HH]. The number of carbonyl (C=O) groups is 1. The molecule has 1 saturated heterocycles. The number of piperazine rings is 1. The molecular formula is C19H33N3O2. The van der Waals surface area contributed by atoms with Crippen LogP contribution >= 0.6 is 0 Å². The second-order valence-electron chi connectivity index (χ2n) is 7.39. The fourth-order valence-corrected chi connectivity index (χ4v) is 2.82. The maximum atomic E-state index is 11.6. The van der Waals surface area contributed by atoms with Crippen LogP contribution in [0.1, 0.15) is 34.2 Å². The van der Waals surface area contributed by atoms with Crippen LogP contribution in [0.25, 0.3) is 0 Å². The fourth-order valence-electron chi connectivity index (χ4n) is 2.82. The largest absolute Gasteiger partial charge is 0.444 e. The number of alkyl carbamates (subject to hydrolysis) is 1. The van der Waals surface area contributed by atoms with E-state index in [1.54, 1.807) is 0 Å². The van der Waals surface area contributed by atoms with Gasteiger partial charge in [-0.1, -0.05) is 30.3 Å². The highest BCUT2D eigenvalue weighted by atomic mass is 16.6. The van der Waals surface area contributed by atoms with Gasteiger partial charge in [-0.05, 0) is 39.3 Å². The number of benzene rings is 1. The summed E-state index contributed by atoms with van der Waals surface area (Å²) in [5, 5.41) is 2.82. The number of nitrogens with zero attached hydrogens (tertiary/aromatic N) is 2. The van der Waals surface area contributed by atoms with Crippen molar-refractivity contribution in [2.24, 2.45) is 0 Å². The minimum absolute atomic E-state index is 0. The van der Waals surface area contributed by atoms with Crippen LogP contribution < -0.4 is 5.32 Å². The van der Waals surface area contributed by atoms with Gasteiger partial charge in [0.25, 0.3) is 0 Å². The lowest BCUT2D eigenvalue weighted by atomic mass is 10.2. The summed E-state index contributed by atoms with van der Waals surface area (Å²) in [4.78, 5) is 16.5. The van der Waals surface area contributed by atoms with E-state index >= 15 is 0 Å². The van der Waals surface area contributed by atoms with Crippen molar-refractivity contribution in [3.63, 3.8) is 0 Å². The van der Waals surface area contributed by atoms with Gasteiger partial charge in [0.15, 0.2) is 0 Å². The van der Waals surface area contributed by atoms with Gasteiger partial charge in [0, 0.05) is 40.7 Å². The quantitative estimate of drug-likeness (QED) is 0.812. The monoisotopic (exact) mass is 335 g/mol. The summed E-state index contributed by atoms with van der Waals surface area (Å²) in [6, 6.07) is 10.6. The standard InChI is InChI=1S/C19H31N3O2.H2/c1-19(2,3)24-18(23)20-10-7-11-21-12-14-22(15-13-21)16-17-8-5-4-6-9-17;/h4-6,8-9H,7,10-16H2,1-3H3,(H,20,23);1H. The van der Waals surface area contributed by atoms with Gasteiger partial charge in [-0.2, -0.15) is 0 Å². The lowest BCUT2D eigenvalue weighted by molar-refractivity contribution is 0.0524. The summed E-state index contributed by atoms with van der Waals surface area (Å²) in [5.74, 6) is 0. The molecule has 0 aromatic heterocycles. The molecule has 0 bridgehead atoms. The molecule has 5 nitrogen and oxygen atoms in total. The van der Waals surface area contributed by atoms with Crippen LogP contribution in [0.4, 0.5) is 4.79 Å². The molecule has 1 amide bonds. The molecule has 1 aliphatic rings. The Balaban J connectivity index is 0.00000312. The van der Waals surface area contributed by atoms with Crippen LogP contribution in [0.5, 0.6) is 0 Å². The van der Waals surface area contributed by atoms with E-state index in [-0.39, 0.29) is 7.52 Å². The Kier molecular flexibility index (Phi) is 7.06. The Labute approximate surface area is 147 Å². The molecule has 1 N–H and O–H groups in total. The molecule has 0 atom stereocenters. The second kappa shape index (κ2) is 9.04. The van der Waals surface area contributed by atoms with E-state index in [1.807, 2.05) is 20.8 Å². The smallest absolute Gasteiger partial charge is 0.407 e. The number of amides is 1. The van der Waals surface area contributed by atoms with Gasteiger partial charge in [-0.25, -0.2) is 4.79 Å². The highest BCUT2D eigenvalue weighted by molar-refractivity contribution is 5.67. The van der Waals surface area contributed by atoms with E-state index in [2.05, 4.69) is 45.4 Å². The van der Waals surface area contributed by atoms with Crippen LogP contribution in [-0.4, -0.2) is 60.8 Å². The van der Waals surface area contributed by atoms with Crippen LogP contribution in [0.3, 0.4) is 0 Å². The first-order valence-electron chi connectivity index (χ1n) is 8.88. The zero-order valence-corrected chi connectivity index (χ0v) is 15.3. The first kappa shape index (κ1) is 18.7. The minimum atomic E-state index is -0.431. The molecule has 5 heteroatoms. The molecule has 2 rings (SSSR count). The third kappa shape index (κ3) is 7.32. The van der Waals surface area contributed by atoms with Gasteiger partial charge in [0.2, 0.25) is 0 Å². The zero-order valence-electron chi connectivity index (χ0n) is 15.3. The van der Waals surface area contributed by atoms with Gasteiger partial charge >= 0.3 is 6.09 Å². The van der Waals surface area contributed by atoms with E-state index in [1.165, 1.54) is 5.56 Å². The lowest BCUT2D eigenvalue weighted by Gasteiger charge is -2.34. The van der Waals surface area contributed by atoms with Crippen molar-refractivity contribution in [2.45, 2.75) is 39.3 Å². The Morgan fingerprint density at radius 2 is 1.75 bits per heavy atom. The first-order chi connectivity index (χ1) is 11.4. The topological polar surface area (TPSA) is 44.8 Å². The van der Waals surface area contributed by atoms with E-state index in [0.717, 1.165) is 45.7 Å². The van der Waals surface area contributed by atoms with Crippen molar-refractivity contribution < 1.29 is 11.0 Å². The molecular weight excluding hydrogens is 302 g/mol. The summed E-state index contributed by atoms with van der Waals surface area (Å²) >= 11 is 0. The van der Waals surface area contributed by atoms with Crippen molar-refractivity contribution >= 4 is 6.09 Å². The first-order valence-corrected chi connectivity index (χ1v) is 8.88. The van der Waals surface area contributed by atoms with E-state index in [9.17, 15) is 4.79 Å². The molecule has 1 aromatic carbocycles. The number of nitrogens with one attached hydrogen (secondary N) is 1. The Bertz CT molecular complexity index is 497. The Morgan fingerprint density at radius 1 is 1.12 bits per heavy atom. The molecule has 0 spiro atoms. The van der Waals surface area contributed by atoms with Crippen molar-refractivity contribution in [2.75, 3.05) is 39.3 Å². The van der Waals surface area contributed by atoms with Crippen LogP contribution in [-0.2, 0) is 11.3 Å². The number of carbonyl (C=O) groups excluding carboxylic acids is 1. The van der Waals surface area contributed by atoms with Gasteiger partial charge < -0.3 is 15.0 Å².